The molecule has 0 aliphatic carbocycles. The molecule has 2 aromatic carbocycles. The van der Waals surface area contributed by atoms with E-state index in [1.54, 1.807) is 0 Å². The van der Waals surface area contributed by atoms with Gasteiger partial charge in [-0.15, -0.1) is 0 Å². The predicted molar refractivity (Wildman–Crippen MR) is 98.0 cm³/mol. The van der Waals surface area contributed by atoms with Crippen LogP contribution in [0.2, 0.25) is 0 Å². The third-order valence-corrected chi connectivity index (χ3v) is 3.50. The molecule has 2 aromatic rings. The van der Waals surface area contributed by atoms with Crippen molar-refractivity contribution in [2.75, 3.05) is 13.1 Å². The zero-order valence-corrected chi connectivity index (χ0v) is 14.1. The lowest BCUT2D eigenvalue weighted by Gasteiger charge is -2.32. The molecular weight excluding hydrogens is 278 g/mol. The van der Waals surface area contributed by atoms with Gasteiger partial charge in [-0.1, -0.05) is 60.1 Å². The minimum absolute atomic E-state index is 0.0384. The molecule has 23 heavy (non-hydrogen) atoms. The maximum atomic E-state index is 3.27. The molecule has 0 aliphatic heterocycles. The van der Waals surface area contributed by atoms with Crippen LogP contribution in [0.3, 0.4) is 0 Å². The van der Waals surface area contributed by atoms with Crippen molar-refractivity contribution >= 4 is 0 Å². The van der Waals surface area contributed by atoms with Crippen molar-refractivity contribution in [2.45, 2.75) is 26.3 Å². The highest BCUT2D eigenvalue weighted by Crippen LogP contribution is 2.11. The third kappa shape index (κ3) is 6.03. The van der Waals surface area contributed by atoms with Crippen LogP contribution in [-0.4, -0.2) is 23.5 Å². The van der Waals surface area contributed by atoms with E-state index < -0.39 is 0 Å². The van der Waals surface area contributed by atoms with Gasteiger partial charge in [-0.2, -0.15) is 0 Å². The molecule has 0 unspecified atom stereocenters. The maximum Gasteiger partial charge on any atom is 0.0618 e. The third-order valence-electron chi connectivity index (χ3n) is 3.50. The summed E-state index contributed by atoms with van der Waals surface area (Å²) in [6, 6.07) is 20.2. The van der Waals surface area contributed by atoms with Gasteiger partial charge in [-0.25, -0.2) is 0 Å². The Balaban J connectivity index is 2.01. The molecule has 0 aliphatic rings. The van der Waals surface area contributed by atoms with Gasteiger partial charge < -0.3 is 0 Å². The minimum Gasteiger partial charge on any atom is -0.276 e. The summed E-state index contributed by atoms with van der Waals surface area (Å²) in [4.78, 5) is 2.29. The number of rotatable bonds is 2. The lowest BCUT2D eigenvalue weighted by molar-refractivity contribution is 0.179. The molecule has 1 nitrogen and oxygen atoms in total. The van der Waals surface area contributed by atoms with Crippen LogP contribution in [0.1, 0.15) is 31.9 Å². The monoisotopic (exact) mass is 301 g/mol. The highest BCUT2D eigenvalue weighted by atomic mass is 15.2. The molecule has 0 amide bonds. The average molecular weight is 301 g/mol. The number of nitrogens with zero attached hydrogens (tertiary/aromatic N) is 1. The van der Waals surface area contributed by atoms with Crippen LogP contribution >= 0.6 is 0 Å². The lowest BCUT2D eigenvalue weighted by Crippen LogP contribution is -2.41. The molecule has 0 atom stereocenters. The van der Waals surface area contributed by atoms with E-state index in [2.05, 4.69) is 49.4 Å². The second-order valence-electron chi connectivity index (χ2n) is 6.36. The van der Waals surface area contributed by atoms with Crippen LogP contribution in [-0.2, 0) is 0 Å². The van der Waals surface area contributed by atoms with Crippen molar-refractivity contribution in [1.82, 2.24) is 4.90 Å². The Labute approximate surface area is 140 Å². The quantitative estimate of drug-likeness (QED) is 0.752. The van der Waals surface area contributed by atoms with E-state index in [4.69, 9.17) is 0 Å². The average Bonchev–Trinajstić information content (AvgIpc) is 2.54. The number of hydrogen-bond donors (Lipinski definition) is 0. The van der Waals surface area contributed by atoms with Crippen LogP contribution in [0, 0.1) is 23.7 Å². The topological polar surface area (TPSA) is 3.24 Å². The molecule has 116 valence electrons. The first-order valence-electron chi connectivity index (χ1n) is 7.88. The molecule has 0 saturated carbocycles. The Bertz CT molecular complexity index is 657. The molecule has 2 rings (SSSR count). The predicted octanol–water partition coefficient (Wildman–Crippen LogP) is 4.19. The molecule has 0 spiro atoms. The second kappa shape index (κ2) is 8.23. The van der Waals surface area contributed by atoms with Gasteiger partial charge in [0.25, 0.3) is 0 Å². The first-order chi connectivity index (χ1) is 11.1. The van der Waals surface area contributed by atoms with E-state index in [1.807, 2.05) is 60.7 Å². The standard InChI is InChI=1S/C22H23N/c1-22(2,3)23(18-10-16-20-12-6-4-7-13-20)19-11-17-21-14-8-5-9-15-21/h4-9,12-15H,18-19H2,1-3H3. The minimum atomic E-state index is 0.0384. The summed E-state index contributed by atoms with van der Waals surface area (Å²) >= 11 is 0. The zero-order valence-electron chi connectivity index (χ0n) is 14.1. The highest BCUT2D eigenvalue weighted by Gasteiger charge is 2.18. The largest absolute Gasteiger partial charge is 0.276 e. The van der Waals surface area contributed by atoms with Crippen LogP contribution < -0.4 is 0 Å². The number of hydrogen-bond acceptors (Lipinski definition) is 1. The van der Waals surface area contributed by atoms with Gasteiger partial charge in [0.05, 0.1) is 13.1 Å². The summed E-state index contributed by atoms with van der Waals surface area (Å²) in [5, 5.41) is 0. The summed E-state index contributed by atoms with van der Waals surface area (Å²) in [5.74, 6) is 13.0. The first kappa shape index (κ1) is 16.9. The molecule has 0 radical (unpaired) electrons. The van der Waals surface area contributed by atoms with Crippen LogP contribution in [0.25, 0.3) is 0 Å². The fraction of sp³-hybridized carbons (Fsp3) is 0.273. The normalized spacial score (nSPS) is 10.4. The van der Waals surface area contributed by atoms with Crippen LogP contribution in [0.15, 0.2) is 60.7 Å². The van der Waals surface area contributed by atoms with E-state index in [0.29, 0.717) is 13.1 Å². The van der Waals surface area contributed by atoms with Gasteiger partial charge in [-0.05, 0) is 45.0 Å². The van der Waals surface area contributed by atoms with Crippen molar-refractivity contribution in [2.24, 2.45) is 0 Å². The molecule has 0 fully saturated rings. The number of benzene rings is 2. The van der Waals surface area contributed by atoms with E-state index >= 15 is 0 Å². The van der Waals surface area contributed by atoms with Crippen molar-refractivity contribution in [3.8, 4) is 23.7 Å². The lowest BCUT2D eigenvalue weighted by atomic mass is 10.1. The summed E-state index contributed by atoms with van der Waals surface area (Å²) in [7, 11) is 0. The van der Waals surface area contributed by atoms with Gasteiger partial charge in [-0.3, -0.25) is 4.90 Å². The van der Waals surface area contributed by atoms with E-state index in [-0.39, 0.29) is 5.54 Å². The summed E-state index contributed by atoms with van der Waals surface area (Å²) in [6.45, 7) is 8.01. The summed E-state index contributed by atoms with van der Waals surface area (Å²) in [5.41, 5.74) is 2.14. The van der Waals surface area contributed by atoms with Crippen molar-refractivity contribution in [3.63, 3.8) is 0 Å². The van der Waals surface area contributed by atoms with Crippen LogP contribution in [0.4, 0.5) is 0 Å². The molecule has 0 N–H and O–H groups in total. The first-order valence-corrected chi connectivity index (χ1v) is 7.88. The molecule has 0 saturated heterocycles. The summed E-state index contributed by atoms with van der Waals surface area (Å²) in [6.07, 6.45) is 0. The van der Waals surface area contributed by atoms with Gasteiger partial charge in [0, 0.05) is 16.7 Å². The highest BCUT2D eigenvalue weighted by molar-refractivity contribution is 5.35. The Hall–Kier alpha value is -2.48. The van der Waals surface area contributed by atoms with Crippen molar-refractivity contribution in [3.05, 3.63) is 71.8 Å². The van der Waals surface area contributed by atoms with E-state index in [0.717, 1.165) is 11.1 Å². The van der Waals surface area contributed by atoms with Gasteiger partial charge in [0.15, 0.2) is 0 Å². The van der Waals surface area contributed by atoms with Gasteiger partial charge >= 0.3 is 0 Å². The fourth-order valence-electron chi connectivity index (χ4n) is 2.05. The van der Waals surface area contributed by atoms with Crippen molar-refractivity contribution in [1.29, 1.82) is 0 Å². The molecular formula is C22H23N. The Morgan fingerprint density at radius 2 is 1.09 bits per heavy atom. The smallest absolute Gasteiger partial charge is 0.0618 e. The van der Waals surface area contributed by atoms with Gasteiger partial charge in [0.1, 0.15) is 0 Å². The van der Waals surface area contributed by atoms with Crippen molar-refractivity contribution < 1.29 is 0 Å². The van der Waals surface area contributed by atoms with E-state index in [1.165, 1.54) is 0 Å². The molecule has 0 bridgehead atoms. The molecule has 0 aromatic heterocycles. The zero-order chi connectivity index (χ0) is 16.5. The molecule has 0 heterocycles. The van der Waals surface area contributed by atoms with E-state index in [9.17, 15) is 0 Å². The Morgan fingerprint density at radius 3 is 1.43 bits per heavy atom. The Morgan fingerprint density at radius 1 is 0.696 bits per heavy atom. The summed E-state index contributed by atoms with van der Waals surface area (Å²) < 4.78 is 0. The SMILES string of the molecule is CC(C)(C)N(CC#Cc1ccccc1)CC#Cc1ccccc1. The van der Waals surface area contributed by atoms with Crippen LogP contribution in [0.5, 0.6) is 0 Å². The maximum absolute atomic E-state index is 3.27. The second-order valence-corrected chi connectivity index (χ2v) is 6.36. The Kier molecular flexibility index (Phi) is 6.04. The van der Waals surface area contributed by atoms with Gasteiger partial charge in [0.2, 0.25) is 0 Å². The molecule has 1 heteroatoms. The fourth-order valence-corrected chi connectivity index (χ4v) is 2.05.